The van der Waals surface area contributed by atoms with Gasteiger partial charge in [-0.15, -0.1) is 0 Å². The van der Waals surface area contributed by atoms with Crippen molar-refractivity contribution in [1.82, 2.24) is 4.98 Å². The van der Waals surface area contributed by atoms with Gasteiger partial charge in [-0.25, -0.2) is 0 Å². The number of pyridine rings is 1. The quantitative estimate of drug-likeness (QED) is 0.322. The molecule has 0 amide bonds. The molecule has 0 unspecified atom stereocenters. The Balaban J connectivity index is 0.00000190. The fraction of sp³-hybridized carbons (Fsp3) is 0.727. The Labute approximate surface area is 171 Å². The normalized spacial score (nSPS) is 14.0. The Morgan fingerprint density at radius 2 is 1.75 bits per heavy atom. The van der Waals surface area contributed by atoms with Crippen molar-refractivity contribution in [2.45, 2.75) is 72.6 Å². The van der Waals surface area contributed by atoms with Gasteiger partial charge in [0.15, 0.2) is 5.90 Å². The van der Waals surface area contributed by atoms with Gasteiger partial charge in [0.1, 0.15) is 19.0 Å². The summed E-state index contributed by atoms with van der Waals surface area (Å²) in [7, 11) is 0. The molecule has 1 saturated carbocycles. The molecule has 3 N–H and O–H groups in total. The Bertz CT molecular complexity index is 553. The van der Waals surface area contributed by atoms with Gasteiger partial charge in [-0.1, -0.05) is 47.0 Å². The average Bonchev–Trinajstić information content (AvgIpc) is 2.72. The molecule has 6 heteroatoms. The number of anilines is 2. The predicted octanol–water partition coefficient (Wildman–Crippen LogP) is 5.27. The fourth-order valence-electron chi connectivity index (χ4n) is 3.46. The number of aromatic nitrogens is 1. The first kappa shape index (κ1) is 24.1. The molecule has 6 nitrogen and oxygen atoms in total. The lowest BCUT2D eigenvalue weighted by Crippen LogP contribution is -2.25. The van der Waals surface area contributed by atoms with Gasteiger partial charge in [-0.3, -0.25) is 5.41 Å². The number of hydrogen-bond donors (Lipinski definition) is 2. The summed E-state index contributed by atoms with van der Waals surface area (Å²) in [5.74, 6) is 1.68. The first-order valence-corrected chi connectivity index (χ1v) is 11.0. The van der Waals surface area contributed by atoms with Crippen molar-refractivity contribution in [1.29, 1.82) is 5.41 Å². The maximum Gasteiger partial charge on any atom is 0.217 e. The van der Waals surface area contributed by atoms with Crippen molar-refractivity contribution < 1.29 is 9.47 Å². The fourth-order valence-corrected chi connectivity index (χ4v) is 3.46. The third-order valence-electron chi connectivity index (χ3n) is 4.73. The lowest BCUT2D eigenvalue weighted by Gasteiger charge is -2.24. The topological polar surface area (TPSA) is 84.5 Å². The SMILES string of the molecule is CC.CCCN(CCC)c1cc(N)nc(OCCOC(=N)C2CCCCC2)c1. The highest BCUT2D eigenvalue weighted by Gasteiger charge is 2.19. The second-order valence-corrected chi connectivity index (χ2v) is 6.97. The summed E-state index contributed by atoms with van der Waals surface area (Å²) < 4.78 is 11.3. The van der Waals surface area contributed by atoms with Gasteiger partial charge in [-0.2, -0.15) is 4.98 Å². The van der Waals surface area contributed by atoms with Crippen LogP contribution in [0, 0.1) is 11.3 Å². The number of rotatable bonds is 10. The molecule has 1 aromatic heterocycles. The molecule has 160 valence electrons. The van der Waals surface area contributed by atoms with E-state index in [0.717, 1.165) is 44.5 Å². The zero-order valence-electron chi connectivity index (χ0n) is 18.3. The third kappa shape index (κ3) is 8.36. The van der Waals surface area contributed by atoms with Gasteiger partial charge in [0, 0.05) is 36.8 Å². The van der Waals surface area contributed by atoms with Crippen LogP contribution in [-0.4, -0.2) is 37.2 Å². The summed E-state index contributed by atoms with van der Waals surface area (Å²) >= 11 is 0. The zero-order valence-corrected chi connectivity index (χ0v) is 18.3. The van der Waals surface area contributed by atoms with Crippen molar-refractivity contribution in [2.24, 2.45) is 5.92 Å². The molecule has 2 rings (SSSR count). The second-order valence-electron chi connectivity index (χ2n) is 6.97. The summed E-state index contributed by atoms with van der Waals surface area (Å²) in [5.41, 5.74) is 7.00. The maximum atomic E-state index is 8.06. The Kier molecular flexibility index (Phi) is 12.1. The van der Waals surface area contributed by atoms with E-state index in [1.807, 2.05) is 26.0 Å². The molecule has 0 spiro atoms. The van der Waals surface area contributed by atoms with E-state index in [0.29, 0.717) is 30.8 Å². The van der Waals surface area contributed by atoms with E-state index in [4.69, 9.17) is 20.6 Å². The Hall–Kier alpha value is -1.98. The number of nitrogen functional groups attached to an aromatic ring is 1. The molecule has 0 saturated heterocycles. The van der Waals surface area contributed by atoms with E-state index in [-0.39, 0.29) is 5.92 Å². The van der Waals surface area contributed by atoms with Crippen LogP contribution < -0.4 is 15.4 Å². The highest BCUT2D eigenvalue weighted by molar-refractivity contribution is 5.75. The van der Waals surface area contributed by atoms with Gasteiger partial charge in [0.2, 0.25) is 5.88 Å². The van der Waals surface area contributed by atoms with Crippen molar-refractivity contribution in [2.75, 3.05) is 36.9 Å². The van der Waals surface area contributed by atoms with E-state index in [9.17, 15) is 0 Å². The number of nitrogens with two attached hydrogens (primary N) is 1. The molecule has 1 heterocycles. The van der Waals surface area contributed by atoms with Crippen molar-refractivity contribution in [3.8, 4) is 5.88 Å². The molecule has 0 atom stereocenters. The van der Waals surface area contributed by atoms with Crippen molar-refractivity contribution in [3.63, 3.8) is 0 Å². The van der Waals surface area contributed by atoms with Gasteiger partial charge in [0.05, 0.1) is 0 Å². The molecule has 0 radical (unpaired) electrons. The van der Waals surface area contributed by atoms with Gasteiger partial charge >= 0.3 is 0 Å². The standard InChI is InChI=1S/C20H34N4O2.C2H6/c1-3-10-24(11-4-2)17-14-18(21)23-19(15-17)25-12-13-26-20(22)16-8-6-5-7-9-16;1-2/h14-16,22H,3-13H2,1-2H3,(H2,21,23);1-2H3. The van der Waals surface area contributed by atoms with E-state index in [1.165, 1.54) is 19.3 Å². The second kappa shape index (κ2) is 14.1. The summed E-state index contributed by atoms with van der Waals surface area (Å²) in [6.07, 6.45) is 7.99. The highest BCUT2D eigenvalue weighted by atomic mass is 16.5. The van der Waals surface area contributed by atoms with Crippen LogP contribution in [0.4, 0.5) is 11.5 Å². The smallest absolute Gasteiger partial charge is 0.217 e. The molecular formula is C22H40N4O2. The minimum atomic E-state index is 0.289. The molecule has 1 aliphatic carbocycles. The summed E-state index contributed by atoms with van der Waals surface area (Å²) in [6.45, 7) is 11.0. The Morgan fingerprint density at radius 1 is 1.11 bits per heavy atom. The van der Waals surface area contributed by atoms with Crippen molar-refractivity contribution >= 4 is 17.4 Å². The van der Waals surface area contributed by atoms with Crippen LogP contribution in [0.3, 0.4) is 0 Å². The number of nitrogens with zero attached hydrogens (tertiary/aromatic N) is 2. The maximum absolute atomic E-state index is 8.06. The predicted molar refractivity (Wildman–Crippen MR) is 119 cm³/mol. The van der Waals surface area contributed by atoms with Crippen LogP contribution in [0.1, 0.15) is 72.6 Å². The van der Waals surface area contributed by atoms with Gasteiger partial charge in [0.25, 0.3) is 0 Å². The average molecular weight is 393 g/mol. The van der Waals surface area contributed by atoms with Crippen molar-refractivity contribution in [3.05, 3.63) is 12.1 Å². The number of hydrogen-bond acceptors (Lipinski definition) is 6. The summed E-state index contributed by atoms with van der Waals surface area (Å²) in [4.78, 5) is 6.57. The van der Waals surface area contributed by atoms with E-state index >= 15 is 0 Å². The third-order valence-corrected chi connectivity index (χ3v) is 4.73. The van der Waals surface area contributed by atoms with E-state index in [2.05, 4.69) is 23.7 Å². The van der Waals surface area contributed by atoms with Gasteiger partial charge in [-0.05, 0) is 25.7 Å². The molecule has 1 fully saturated rings. The van der Waals surface area contributed by atoms with E-state index in [1.54, 1.807) is 0 Å². The first-order valence-electron chi connectivity index (χ1n) is 11.0. The lowest BCUT2D eigenvalue weighted by molar-refractivity contribution is 0.188. The molecule has 28 heavy (non-hydrogen) atoms. The number of nitrogens with one attached hydrogen (secondary N) is 1. The summed E-state index contributed by atoms with van der Waals surface area (Å²) in [5, 5.41) is 8.06. The molecule has 0 bridgehead atoms. The molecule has 0 aromatic carbocycles. The lowest BCUT2D eigenvalue weighted by atomic mass is 9.89. The monoisotopic (exact) mass is 392 g/mol. The molecule has 0 aliphatic heterocycles. The minimum absolute atomic E-state index is 0.289. The van der Waals surface area contributed by atoms with E-state index < -0.39 is 0 Å². The van der Waals surface area contributed by atoms with Crippen LogP contribution >= 0.6 is 0 Å². The minimum Gasteiger partial charge on any atom is -0.477 e. The van der Waals surface area contributed by atoms with Crippen LogP contribution in [0.5, 0.6) is 5.88 Å². The number of ether oxygens (including phenoxy) is 2. The van der Waals surface area contributed by atoms with Crippen LogP contribution in [0.15, 0.2) is 12.1 Å². The first-order chi connectivity index (χ1) is 13.6. The Morgan fingerprint density at radius 3 is 2.36 bits per heavy atom. The highest BCUT2D eigenvalue weighted by Crippen LogP contribution is 2.25. The van der Waals surface area contributed by atoms with Gasteiger partial charge < -0.3 is 20.1 Å². The van der Waals surface area contributed by atoms with Crippen LogP contribution in [-0.2, 0) is 4.74 Å². The summed E-state index contributed by atoms with van der Waals surface area (Å²) in [6, 6.07) is 3.83. The molecule has 1 aliphatic rings. The van der Waals surface area contributed by atoms with Crippen LogP contribution in [0.2, 0.25) is 0 Å². The zero-order chi connectivity index (χ0) is 20.8. The van der Waals surface area contributed by atoms with Crippen LogP contribution in [0.25, 0.3) is 0 Å². The molecule has 1 aromatic rings. The molecular weight excluding hydrogens is 352 g/mol. The largest absolute Gasteiger partial charge is 0.477 e.